The molecule has 0 atom stereocenters. The van der Waals surface area contributed by atoms with Gasteiger partial charge in [0, 0.05) is 37.4 Å². The Morgan fingerprint density at radius 1 is 1.35 bits per heavy atom. The number of hydrogen-bond donors (Lipinski definition) is 1. The second-order valence-electron chi connectivity index (χ2n) is 4.60. The van der Waals surface area contributed by atoms with Gasteiger partial charge in [-0.1, -0.05) is 26.8 Å². The van der Waals surface area contributed by atoms with Gasteiger partial charge in [-0.3, -0.25) is 0 Å². The number of rotatable bonds is 7. The Labute approximate surface area is 105 Å². The molecular formula is C14H25N3. The van der Waals surface area contributed by atoms with E-state index >= 15 is 0 Å². The third-order valence-corrected chi connectivity index (χ3v) is 2.74. The van der Waals surface area contributed by atoms with Crippen molar-refractivity contribution in [3.63, 3.8) is 0 Å². The van der Waals surface area contributed by atoms with Crippen molar-refractivity contribution in [2.24, 2.45) is 0 Å². The molecule has 0 fully saturated rings. The van der Waals surface area contributed by atoms with Crippen LogP contribution in [0.15, 0.2) is 18.3 Å². The Bertz CT molecular complexity index is 323. The number of hydrogen-bond acceptors (Lipinski definition) is 3. The van der Waals surface area contributed by atoms with E-state index in [1.165, 1.54) is 5.56 Å². The van der Waals surface area contributed by atoms with Gasteiger partial charge in [-0.25, -0.2) is 4.98 Å². The predicted octanol–water partition coefficient (Wildman–Crippen LogP) is 2.82. The first-order valence-electron chi connectivity index (χ1n) is 6.61. The second-order valence-corrected chi connectivity index (χ2v) is 4.60. The van der Waals surface area contributed by atoms with Gasteiger partial charge in [0.1, 0.15) is 5.82 Å². The zero-order chi connectivity index (χ0) is 12.7. The Balaban J connectivity index is 2.81. The van der Waals surface area contributed by atoms with Crippen LogP contribution >= 0.6 is 0 Å². The van der Waals surface area contributed by atoms with Gasteiger partial charge in [0.2, 0.25) is 0 Å². The fourth-order valence-corrected chi connectivity index (χ4v) is 1.85. The molecule has 1 aromatic rings. The fraction of sp³-hybridized carbons (Fsp3) is 0.643. The minimum Gasteiger partial charge on any atom is -0.357 e. The molecule has 0 aliphatic heterocycles. The van der Waals surface area contributed by atoms with Crippen molar-refractivity contribution in [2.45, 2.75) is 46.7 Å². The summed E-state index contributed by atoms with van der Waals surface area (Å²) in [5, 5.41) is 3.46. The molecule has 0 aliphatic rings. The van der Waals surface area contributed by atoms with Crippen molar-refractivity contribution >= 4 is 5.82 Å². The molecule has 0 spiro atoms. The zero-order valence-electron chi connectivity index (χ0n) is 11.5. The van der Waals surface area contributed by atoms with Crippen LogP contribution in [0.5, 0.6) is 0 Å². The van der Waals surface area contributed by atoms with Gasteiger partial charge < -0.3 is 10.2 Å². The monoisotopic (exact) mass is 235 g/mol. The number of pyridine rings is 1. The van der Waals surface area contributed by atoms with Gasteiger partial charge in [-0.05, 0) is 19.4 Å². The van der Waals surface area contributed by atoms with E-state index in [1.807, 2.05) is 12.3 Å². The maximum Gasteiger partial charge on any atom is 0.132 e. The average Bonchev–Trinajstić information content (AvgIpc) is 2.34. The molecule has 1 aromatic heterocycles. The van der Waals surface area contributed by atoms with E-state index in [0.717, 1.165) is 31.9 Å². The van der Waals surface area contributed by atoms with Gasteiger partial charge >= 0.3 is 0 Å². The Morgan fingerprint density at radius 2 is 2.12 bits per heavy atom. The van der Waals surface area contributed by atoms with Crippen molar-refractivity contribution in [3.8, 4) is 0 Å². The summed E-state index contributed by atoms with van der Waals surface area (Å²) in [6.07, 6.45) is 3.04. The zero-order valence-corrected chi connectivity index (χ0v) is 11.5. The molecule has 1 N–H and O–H groups in total. The minimum absolute atomic E-state index is 0.504. The lowest BCUT2D eigenvalue weighted by Gasteiger charge is -2.24. The molecule has 0 saturated carbocycles. The maximum atomic E-state index is 4.53. The second kappa shape index (κ2) is 7.28. The molecule has 0 radical (unpaired) electrons. The van der Waals surface area contributed by atoms with Gasteiger partial charge in [0.25, 0.3) is 0 Å². The van der Waals surface area contributed by atoms with Crippen molar-refractivity contribution in [1.82, 2.24) is 10.3 Å². The largest absolute Gasteiger partial charge is 0.357 e. The van der Waals surface area contributed by atoms with Crippen LogP contribution in [0.2, 0.25) is 0 Å². The summed E-state index contributed by atoms with van der Waals surface area (Å²) in [5.74, 6) is 1.13. The third-order valence-electron chi connectivity index (χ3n) is 2.74. The molecule has 0 aromatic carbocycles. The van der Waals surface area contributed by atoms with E-state index in [2.05, 4.69) is 49.0 Å². The maximum absolute atomic E-state index is 4.53. The summed E-state index contributed by atoms with van der Waals surface area (Å²) in [4.78, 5) is 6.88. The van der Waals surface area contributed by atoms with Crippen LogP contribution in [0, 0.1) is 0 Å². The molecular weight excluding hydrogens is 210 g/mol. The van der Waals surface area contributed by atoms with Gasteiger partial charge in [-0.2, -0.15) is 0 Å². The van der Waals surface area contributed by atoms with Crippen LogP contribution in [-0.2, 0) is 6.54 Å². The van der Waals surface area contributed by atoms with Crippen LogP contribution in [0.3, 0.4) is 0 Å². The molecule has 0 amide bonds. The van der Waals surface area contributed by atoms with Gasteiger partial charge in [0.05, 0.1) is 0 Å². The van der Waals surface area contributed by atoms with Crippen molar-refractivity contribution in [3.05, 3.63) is 23.9 Å². The van der Waals surface area contributed by atoms with E-state index in [4.69, 9.17) is 0 Å². The summed E-state index contributed by atoms with van der Waals surface area (Å²) < 4.78 is 0. The van der Waals surface area contributed by atoms with E-state index in [0.29, 0.717) is 6.04 Å². The van der Waals surface area contributed by atoms with Gasteiger partial charge in [0.15, 0.2) is 0 Å². The number of nitrogens with one attached hydrogen (secondary N) is 1. The molecule has 0 bridgehead atoms. The van der Waals surface area contributed by atoms with Crippen LogP contribution in [0.4, 0.5) is 5.82 Å². The molecule has 3 heteroatoms. The Hall–Kier alpha value is -1.09. The SMILES string of the molecule is CCCN(CC)c1ncccc1CNC(C)C. The molecule has 3 nitrogen and oxygen atoms in total. The molecule has 1 rings (SSSR count). The smallest absolute Gasteiger partial charge is 0.132 e. The van der Waals surface area contributed by atoms with E-state index in [-0.39, 0.29) is 0 Å². The third kappa shape index (κ3) is 4.35. The normalized spacial score (nSPS) is 10.9. The number of nitrogens with zero attached hydrogens (tertiary/aromatic N) is 2. The number of anilines is 1. The summed E-state index contributed by atoms with van der Waals surface area (Å²) in [7, 11) is 0. The molecule has 1 heterocycles. The lowest BCUT2D eigenvalue weighted by Crippen LogP contribution is -2.28. The topological polar surface area (TPSA) is 28.2 Å². The first kappa shape index (κ1) is 14.0. The average molecular weight is 235 g/mol. The van der Waals surface area contributed by atoms with Gasteiger partial charge in [-0.15, -0.1) is 0 Å². The minimum atomic E-state index is 0.504. The number of aromatic nitrogens is 1. The fourth-order valence-electron chi connectivity index (χ4n) is 1.85. The molecule has 0 unspecified atom stereocenters. The summed E-state index contributed by atoms with van der Waals surface area (Å²) in [6.45, 7) is 11.7. The lowest BCUT2D eigenvalue weighted by atomic mass is 10.2. The lowest BCUT2D eigenvalue weighted by molar-refractivity contribution is 0.586. The predicted molar refractivity (Wildman–Crippen MR) is 74.4 cm³/mol. The standard InChI is InChI=1S/C14H25N3/c1-5-10-17(6-2)14-13(8-7-9-15-14)11-16-12(3)4/h7-9,12,16H,5-6,10-11H2,1-4H3. The van der Waals surface area contributed by atoms with Crippen LogP contribution in [0.25, 0.3) is 0 Å². The van der Waals surface area contributed by atoms with Crippen LogP contribution in [0.1, 0.15) is 39.7 Å². The van der Waals surface area contributed by atoms with E-state index in [1.54, 1.807) is 0 Å². The Morgan fingerprint density at radius 3 is 2.71 bits per heavy atom. The quantitative estimate of drug-likeness (QED) is 0.787. The summed E-state index contributed by atoms with van der Waals surface area (Å²) >= 11 is 0. The van der Waals surface area contributed by atoms with Crippen LogP contribution < -0.4 is 10.2 Å². The first-order chi connectivity index (χ1) is 8.19. The molecule has 0 aliphatic carbocycles. The van der Waals surface area contributed by atoms with Crippen LogP contribution in [-0.4, -0.2) is 24.1 Å². The highest BCUT2D eigenvalue weighted by Crippen LogP contribution is 2.17. The molecule has 96 valence electrons. The highest BCUT2D eigenvalue weighted by Gasteiger charge is 2.10. The summed E-state index contributed by atoms with van der Waals surface area (Å²) in [5.41, 5.74) is 1.29. The van der Waals surface area contributed by atoms with Crippen molar-refractivity contribution in [2.75, 3.05) is 18.0 Å². The van der Waals surface area contributed by atoms with E-state index in [9.17, 15) is 0 Å². The summed E-state index contributed by atoms with van der Waals surface area (Å²) in [6, 6.07) is 4.68. The highest BCUT2D eigenvalue weighted by atomic mass is 15.2. The van der Waals surface area contributed by atoms with Crippen molar-refractivity contribution < 1.29 is 0 Å². The van der Waals surface area contributed by atoms with E-state index < -0.39 is 0 Å². The highest BCUT2D eigenvalue weighted by molar-refractivity contribution is 5.46. The van der Waals surface area contributed by atoms with Crippen molar-refractivity contribution in [1.29, 1.82) is 0 Å². The molecule has 17 heavy (non-hydrogen) atoms. The Kier molecular flexibility index (Phi) is 5.98. The molecule has 0 saturated heterocycles. The first-order valence-corrected chi connectivity index (χ1v) is 6.61.